The largest absolute Gasteiger partial charge is 0.610 e. The fourth-order valence-electron chi connectivity index (χ4n) is 5.59. The third-order valence-electron chi connectivity index (χ3n) is 7.84. The van der Waals surface area contributed by atoms with E-state index in [1.165, 1.54) is 6.92 Å². The number of hydrogen-bond acceptors (Lipinski definition) is 7. The van der Waals surface area contributed by atoms with Gasteiger partial charge in [-0.25, -0.2) is 4.98 Å². The van der Waals surface area contributed by atoms with Gasteiger partial charge >= 0.3 is 12.7 Å². The average Bonchev–Trinajstić information content (AvgIpc) is 3.29. The van der Waals surface area contributed by atoms with E-state index < -0.39 is 36.6 Å². The molecule has 2 unspecified atom stereocenters. The first-order chi connectivity index (χ1) is 18.0. The second-order valence-corrected chi connectivity index (χ2v) is 11.1. The number of amides is 2. The van der Waals surface area contributed by atoms with Crippen molar-refractivity contribution in [3.63, 3.8) is 0 Å². The van der Waals surface area contributed by atoms with Crippen LogP contribution in [0, 0.1) is 5.92 Å². The normalized spacial score (nSPS) is 26.8. The van der Waals surface area contributed by atoms with Crippen LogP contribution in [-0.2, 0) is 18.9 Å². The molecule has 204 valence electrons. The third-order valence-corrected chi connectivity index (χ3v) is 7.84. The molecule has 3 N–H and O–H groups in total. The number of pyridine rings is 1. The molecule has 10 nitrogen and oxygen atoms in total. The van der Waals surface area contributed by atoms with Gasteiger partial charge in [-0.2, -0.15) is 0 Å². The summed E-state index contributed by atoms with van der Waals surface area (Å²) in [5.74, 6) is -2.04. The van der Waals surface area contributed by atoms with E-state index >= 15 is 0 Å². The van der Waals surface area contributed by atoms with Crippen LogP contribution < -0.4 is 10.6 Å². The molecule has 2 aliphatic heterocycles. The number of fused-ring (bicyclic) bond motifs is 1. The lowest BCUT2D eigenvalue weighted by Gasteiger charge is -2.49. The Labute approximate surface area is 223 Å². The van der Waals surface area contributed by atoms with E-state index in [0.29, 0.717) is 18.7 Å². The molecule has 2 amide bonds. The first-order valence-corrected chi connectivity index (χ1v) is 13.1. The number of aliphatic hydroxyl groups excluding tert-OH is 1. The standard InChI is InChI=1S/C27H37BN4O6/c1-17(2)14-23(28-32(5,15-24(34)38-28)18(3)16-37-28)30-27(36)25(19(4)33)31-26(35)22-13-9-12-21(29-22)20-10-7-6-8-11-20/h6-13,17-19,23,25,33H,14-16H2,1-5H3,(H,30,36)(H,31,35)/t18-,19-,23+,25+,28?,32?/m1/s1. The van der Waals surface area contributed by atoms with Crippen LogP contribution in [0.1, 0.15) is 44.6 Å². The van der Waals surface area contributed by atoms with E-state index in [1.807, 2.05) is 58.2 Å². The summed E-state index contributed by atoms with van der Waals surface area (Å²) >= 11 is 0. The topological polar surface area (TPSA) is 127 Å². The maximum atomic E-state index is 13.5. The van der Waals surface area contributed by atoms with Crippen molar-refractivity contribution in [3.8, 4) is 11.3 Å². The minimum Gasteiger partial charge on any atom is -0.610 e. The number of rotatable bonds is 9. The molecule has 1 aromatic heterocycles. The highest BCUT2D eigenvalue weighted by molar-refractivity contribution is 6.65. The number of nitrogens with zero attached hydrogens (tertiary/aromatic N) is 2. The van der Waals surface area contributed by atoms with Crippen LogP contribution in [0.4, 0.5) is 0 Å². The lowest BCUT2D eigenvalue weighted by atomic mass is 9.57. The molecule has 2 aliphatic rings. The molecule has 0 spiro atoms. The van der Waals surface area contributed by atoms with E-state index in [4.69, 9.17) is 9.31 Å². The van der Waals surface area contributed by atoms with E-state index in [9.17, 15) is 19.5 Å². The Morgan fingerprint density at radius 2 is 1.84 bits per heavy atom. The molecule has 6 atom stereocenters. The molecule has 0 radical (unpaired) electrons. The maximum Gasteiger partial charge on any atom is 0.549 e. The Morgan fingerprint density at radius 1 is 1.13 bits per heavy atom. The molecule has 2 fully saturated rings. The minimum absolute atomic E-state index is 0.00300. The fraction of sp³-hybridized carbons (Fsp3) is 0.481. The number of aromatic nitrogens is 1. The number of aliphatic hydroxyl groups is 1. The van der Waals surface area contributed by atoms with Gasteiger partial charge in [0.2, 0.25) is 5.91 Å². The van der Waals surface area contributed by atoms with Crippen molar-refractivity contribution in [3.05, 3.63) is 54.2 Å². The Bertz CT molecular complexity index is 1200. The zero-order chi connectivity index (χ0) is 27.7. The Balaban J connectivity index is 1.55. The summed E-state index contributed by atoms with van der Waals surface area (Å²) < 4.78 is 12.3. The van der Waals surface area contributed by atoms with Gasteiger partial charge in [0.15, 0.2) is 0 Å². The molecule has 0 saturated carbocycles. The van der Waals surface area contributed by atoms with Gasteiger partial charge in [-0.15, -0.1) is 0 Å². The van der Waals surface area contributed by atoms with E-state index in [1.54, 1.807) is 18.2 Å². The highest BCUT2D eigenvalue weighted by Gasteiger charge is 2.67. The minimum atomic E-state index is -2.24. The Hall–Kier alpha value is -3.28. The number of carbonyl (C=O) groups is 3. The number of benzene rings is 1. The number of nitrogens with one attached hydrogen (secondary N) is 2. The number of hydrogen-bond donors (Lipinski definition) is 3. The quantitative estimate of drug-likeness (QED) is 0.426. The summed E-state index contributed by atoms with van der Waals surface area (Å²) in [6.45, 7) is 5.76. The van der Waals surface area contributed by atoms with Gasteiger partial charge in [-0.1, -0.05) is 56.7 Å². The van der Waals surface area contributed by atoms with Crippen LogP contribution in [-0.4, -0.2) is 83.3 Å². The molecular formula is C27H37BN4O6. The van der Waals surface area contributed by atoms with Crippen molar-refractivity contribution in [1.82, 2.24) is 15.6 Å². The third kappa shape index (κ3) is 5.18. The van der Waals surface area contributed by atoms with Gasteiger partial charge in [-0.3, -0.25) is 14.4 Å². The van der Waals surface area contributed by atoms with E-state index in [0.717, 1.165) is 5.56 Å². The van der Waals surface area contributed by atoms with Crippen LogP contribution >= 0.6 is 0 Å². The van der Waals surface area contributed by atoms with Gasteiger partial charge in [0.25, 0.3) is 5.91 Å². The maximum absolute atomic E-state index is 13.5. The summed E-state index contributed by atoms with van der Waals surface area (Å²) in [4.78, 5) is 43.6. The van der Waals surface area contributed by atoms with Crippen LogP contribution in [0.5, 0.6) is 0 Å². The molecule has 38 heavy (non-hydrogen) atoms. The summed E-state index contributed by atoms with van der Waals surface area (Å²) in [6.07, 6.45) is -0.711. The number of quaternary nitrogens is 1. The summed E-state index contributed by atoms with van der Waals surface area (Å²) in [5, 5.41) is 16.1. The molecule has 3 heterocycles. The molecule has 0 aliphatic carbocycles. The van der Waals surface area contributed by atoms with Gasteiger partial charge in [0.05, 0.1) is 24.4 Å². The highest BCUT2D eigenvalue weighted by Crippen LogP contribution is 2.40. The predicted molar refractivity (Wildman–Crippen MR) is 142 cm³/mol. The summed E-state index contributed by atoms with van der Waals surface area (Å²) in [5.41, 5.74) is 1.58. The smallest absolute Gasteiger partial charge is 0.549 e. The molecule has 0 bridgehead atoms. The predicted octanol–water partition coefficient (Wildman–Crippen LogP) is 1.66. The highest BCUT2D eigenvalue weighted by atomic mass is 16.7. The van der Waals surface area contributed by atoms with Crippen molar-refractivity contribution in [2.24, 2.45) is 5.92 Å². The summed E-state index contributed by atoms with van der Waals surface area (Å²) in [6, 6.07) is 13.2. The Morgan fingerprint density at radius 3 is 2.50 bits per heavy atom. The Kier molecular flexibility index (Phi) is 7.92. The first kappa shape index (κ1) is 27.8. The van der Waals surface area contributed by atoms with Crippen molar-refractivity contribution in [1.29, 1.82) is 0 Å². The van der Waals surface area contributed by atoms with Gasteiger partial charge in [0, 0.05) is 18.6 Å². The van der Waals surface area contributed by atoms with E-state index in [-0.39, 0.29) is 34.6 Å². The van der Waals surface area contributed by atoms with Crippen molar-refractivity contribution in [2.45, 2.75) is 58.2 Å². The van der Waals surface area contributed by atoms with Crippen LogP contribution in [0.25, 0.3) is 11.3 Å². The number of carbonyl (C=O) groups excluding carboxylic acids is 3. The average molecular weight is 524 g/mol. The molecule has 1 aromatic carbocycles. The first-order valence-electron chi connectivity index (χ1n) is 13.1. The van der Waals surface area contributed by atoms with Gasteiger partial charge in [-0.05, 0) is 31.9 Å². The lowest BCUT2D eigenvalue weighted by Crippen LogP contribution is -2.73. The van der Waals surface area contributed by atoms with E-state index in [2.05, 4.69) is 15.6 Å². The van der Waals surface area contributed by atoms with Gasteiger partial charge in [0.1, 0.15) is 18.3 Å². The lowest BCUT2D eigenvalue weighted by molar-refractivity contribution is -0.822. The van der Waals surface area contributed by atoms with Gasteiger partial charge < -0.3 is 29.4 Å². The zero-order valence-corrected chi connectivity index (χ0v) is 22.6. The zero-order valence-electron chi connectivity index (χ0n) is 22.6. The number of likely N-dealkylation sites (N-methyl/N-ethyl adjacent to an activating group) is 1. The van der Waals surface area contributed by atoms with Crippen LogP contribution in [0.15, 0.2) is 48.5 Å². The molecule has 11 heteroatoms. The second kappa shape index (κ2) is 10.8. The SMILES string of the molecule is CC(C)C[C@H](NC(=O)[C@@H](NC(=O)c1cccc(-c2ccccc2)n1)[C@@H](C)O)[B-]12OC[C@@H](C)[N+]1(C)CC(=O)O2. The molecule has 2 saturated heterocycles. The van der Waals surface area contributed by atoms with Crippen molar-refractivity contribution >= 4 is 24.5 Å². The van der Waals surface area contributed by atoms with Crippen molar-refractivity contribution in [2.75, 3.05) is 20.2 Å². The summed E-state index contributed by atoms with van der Waals surface area (Å²) in [7, 11) is 1.92. The monoisotopic (exact) mass is 524 g/mol. The second-order valence-electron chi connectivity index (χ2n) is 11.1. The fourth-order valence-corrected chi connectivity index (χ4v) is 5.59. The van der Waals surface area contributed by atoms with Crippen LogP contribution in [0.3, 0.4) is 0 Å². The molecule has 2 aromatic rings. The molecule has 4 rings (SSSR count). The van der Waals surface area contributed by atoms with Crippen LogP contribution in [0.2, 0.25) is 0 Å². The van der Waals surface area contributed by atoms with Crippen molar-refractivity contribution < 1.29 is 33.2 Å². The molecular weight excluding hydrogens is 487 g/mol.